The zero-order chi connectivity index (χ0) is 5.11. The van der Waals surface area contributed by atoms with Crippen molar-refractivity contribution in [2.24, 2.45) is 4.99 Å². The van der Waals surface area contributed by atoms with Crippen molar-refractivity contribution in [3.63, 3.8) is 0 Å². The van der Waals surface area contributed by atoms with Crippen molar-refractivity contribution in [2.75, 3.05) is 5.75 Å². The van der Waals surface area contributed by atoms with E-state index in [1.165, 1.54) is 11.8 Å². The van der Waals surface area contributed by atoms with Gasteiger partial charge in [-0.25, -0.2) is 4.99 Å². The van der Waals surface area contributed by atoms with Gasteiger partial charge in [0.2, 0.25) is 5.91 Å². The van der Waals surface area contributed by atoms with Crippen LogP contribution < -0.4 is 0 Å². The normalized spacial score (nSPS) is 20.3. The maximum absolute atomic E-state index is 10.2. The summed E-state index contributed by atoms with van der Waals surface area (Å²) in [5, 5.41) is 0. The predicted molar refractivity (Wildman–Crippen MR) is 29.5 cm³/mol. The molecule has 0 unspecified atom stereocenters. The van der Waals surface area contributed by atoms with Gasteiger partial charge in [-0.15, -0.1) is 11.8 Å². The van der Waals surface area contributed by atoms with Crippen LogP contribution in [0, 0.1) is 0 Å². The minimum absolute atomic E-state index is 0.0428. The fourth-order valence-corrected chi connectivity index (χ4v) is 0.857. The maximum atomic E-state index is 10.2. The molecule has 1 aliphatic heterocycles. The highest BCUT2D eigenvalue weighted by Crippen LogP contribution is 2.04. The van der Waals surface area contributed by atoms with E-state index in [1.54, 1.807) is 0 Å². The molecule has 0 aromatic heterocycles. The van der Waals surface area contributed by atoms with Crippen LogP contribution in [0.4, 0.5) is 0 Å². The number of hydrogen-bond donors (Lipinski definition) is 0. The predicted octanol–water partition coefficient (Wildman–Crippen LogP) is 0.555. The monoisotopic (exact) mass is 114 g/mol. The molecule has 2 nitrogen and oxygen atoms in total. The van der Waals surface area contributed by atoms with Crippen LogP contribution in [0.15, 0.2) is 4.99 Å². The highest BCUT2D eigenvalue weighted by atomic mass is 32.2. The Kier molecular flexibility index (Phi) is 1.46. The van der Waals surface area contributed by atoms with E-state index in [1.807, 2.05) is 0 Å². The van der Waals surface area contributed by atoms with Crippen LogP contribution in [0.25, 0.3) is 0 Å². The molecule has 0 saturated heterocycles. The van der Waals surface area contributed by atoms with Crippen molar-refractivity contribution in [1.82, 2.24) is 0 Å². The third kappa shape index (κ3) is 1.31. The zero-order valence-corrected chi connectivity index (χ0v) is 4.49. The summed E-state index contributed by atoms with van der Waals surface area (Å²) in [4.78, 5) is 13.6. The van der Waals surface area contributed by atoms with Crippen molar-refractivity contribution < 1.29 is 4.79 Å². The van der Waals surface area contributed by atoms with Gasteiger partial charge in [0.15, 0.2) is 0 Å². The van der Waals surface area contributed by atoms with Gasteiger partial charge in [-0.05, 0) is 0 Å². The molecule has 0 saturated carbocycles. The molecule has 0 N–H and O–H groups in total. The Labute approximate surface area is 46.0 Å². The summed E-state index contributed by atoms with van der Waals surface area (Å²) in [5.41, 5.74) is 2.53. The molecule has 0 aliphatic carbocycles. The van der Waals surface area contributed by atoms with Crippen molar-refractivity contribution in [3.05, 3.63) is 0 Å². The first-order valence-corrected chi connectivity index (χ1v) is 2.98. The first-order chi connectivity index (χ1) is 3.39. The Balaban J connectivity index is 2.51. The van der Waals surface area contributed by atoms with Crippen LogP contribution in [0.1, 0.15) is 6.42 Å². The van der Waals surface area contributed by atoms with Crippen LogP contribution in [0.5, 0.6) is 0 Å². The average Bonchev–Trinajstić information content (AvgIpc) is 1.69. The second-order valence-electron chi connectivity index (χ2n) is 1.20. The molecule has 1 rings (SSSR count). The van der Waals surface area contributed by atoms with Crippen LogP contribution in [0.2, 0.25) is 0 Å². The standard InChI is InChI=1S/C4H4NOS/c6-4-1-2-7-3-5-4/h1-2H2. The molecular weight excluding hydrogens is 110 g/mol. The number of thioether (sulfide) groups is 1. The molecule has 7 heavy (non-hydrogen) atoms. The molecular formula is C4H4NOS. The summed E-state index contributed by atoms with van der Waals surface area (Å²) in [5.74, 6) is 0.807. The lowest BCUT2D eigenvalue weighted by Crippen LogP contribution is -1.99. The number of carbonyl (C=O) groups excluding carboxylic acids is 1. The lowest BCUT2D eigenvalue weighted by Gasteiger charge is -1.95. The number of rotatable bonds is 0. The van der Waals surface area contributed by atoms with Gasteiger partial charge in [-0.3, -0.25) is 4.79 Å². The van der Waals surface area contributed by atoms with Crippen molar-refractivity contribution >= 4 is 23.2 Å². The second kappa shape index (κ2) is 2.12. The number of carbonyl (C=O) groups is 1. The Hall–Kier alpha value is -0.310. The van der Waals surface area contributed by atoms with E-state index in [-0.39, 0.29) is 5.91 Å². The first kappa shape index (κ1) is 4.84. The van der Waals surface area contributed by atoms with E-state index in [9.17, 15) is 4.79 Å². The fraction of sp³-hybridized carbons (Fsp3) is 0.500. The van der Waals surface area contributed by atoms with Gasteiger partial charge in [-0.1, -0.05) is 0 Å². The number of nitrogens with zero attached hydrogens (tertiary/aromatic N) is 1. The van der Waals surface area contributed by atoms with Gasteiger partial charge in [0.25, 0.3) is 0 Å². The Morgan fingerprint density at radius 3 is 3.00 bits per heavy atom. The number of amides is 1. The minimum Gasteiger partial charge on any atom is -0.273 e. The van der Waals surface area contributed by atoms with Crippen LogP contribution >= 0.6 is 11.8 Å². The van der Waals surface area contributed by atoms with Gasteiger partial charge < -0.3 is 0 Å². The lowest BCUT2D eigenvalue weighted by molar-refractivity contribution is -0.117. The van der Waals surface area contributed by atoms with E-state index in [0.717, 1.165) is 5.75 Å². The topological polar surface area (TPSA) is 29.4 Å². The Bertz CT molecular complexity index is 110. The van der Waals surface area contributed by atoms with Crippen molar-refractivity contribution in [2.45, 2.75) is 6.42 Å². The molecule has 1 aliphatic rings. The summed E-state index contributed by atoms with van der Waals surface area (Å²) in [6.45, 7) is 0. The molecule has 1 heterocycles. The summed E-state index contributed by atoms with van der Waals surface area (Å²) in [6.07, 6.45) is 0.581. The molecule has 37 valence electrons. The minimum atomic E-state index is -0.0428. The molecule has 0 aromatic rings. The summed E-state index contributed by atoms with van der Waals surface area (Å²) in [7, 11) is 0. The largest absolute Gasteiger partial charge is 0.273 e. The van der Waals surface area contributed by atoms with E-state index in [2.05, 4.69) is 10.5 Å². The van der Waals surface area contributed by atoms with E-state index < -0.39 is 0 Å². The Morgan fingerprint density at radius 1 is 1.86 bits per heavy atom. The van der Waals surface area contributed by atoms with Crippen molar-refractivity contribution in [1.29, 1.82) is 0 Å². The first-order valence-electron chi connectivity index (χ1n) is 2.00. The van der Waals surface area contributed by atoms with Gasteiger partial charge in [0.05, 0.1) is 0 Å². The SMILES string of the molecule is O=C1CCS[C]=N1. The molecule has 0 bridgehead atoms. The maximum Gasteiger partial charge on any atom is 0.247 e. The lowest BCUT2D eigenvalue weighted by atomic mass is 10.5. The van der Waals surface area contributed by atoms with Gasteiger partial charge in [0, 0.05) is 12.2 Å². The van der Waals surface area contributed by atoms with Crippen LogP contribution in [0.3, 0.4) is 0 Å². The third-order valence-corrected chi connectivity index (χ3v) is 1.28. The number of aliphatic imine (C=N–C) groups is 1. The summed E-state index contributed by atoms with van der Waals surface area (Å²) < 4.78 is 0. The quantitative estimate of drug-likeness (QED) is 0.460. The molecule has 0 aromatic carbocycles. The van der Waals surface area contributed by atoms with Gasteiger partial charge in [-0.2, -0.15) is 0 Å². The smallest absolute Gasteiger partial charge is 0.247 e. The summed E-state index contributed by atoms with van der Waals surface area (Å²) >= 11 is 1.46. The molecule has 0 spiro atoms. The van der Waals surface area contributed by atoms with Crippen LogP contribution in [-0.2, 0) is 4.79 Å². The van der Waals surface area contributed by atoms with Crippen molar-refractivity contribution in [3.8, 4) is 0 Å². The second-order valence-corrected chi connectivity index (χ2v) is 2.07. The number of hydrogen-bond acceptors (Lipinski definition) is 2. The molecule has 1 amide bonds. The third-order valence-electron chi connectivity index (χ3n) is 0.653. The molecule has 3 heteroatoms. The van der Waals surface area contributed by atoms with E-state index >= 15 is 0 Å². The zero-order valence-electron chi connectivity index (χ0n) is 3.68. The van der Waals surface area contributed by atoms with Gasteiger partial charge in [0.1, 0.15) is 5.55 Å². The highest BCUT2D eigenvalue weighted by Gasteiger charge is 2.01. The molecule has 1 radical (unpaired) electrons. The Morgan fingerprint density at radius 2 is 2.71 bits per heavy atom. The molecule has 0 atom stereocenters. The highest BCUT2D eigenvalue weighted by molar-refractivity contribution is 8.12. The van der Waals surface area contributed by atoms with E-state index in [0.29, 0.717) is 6.42 Å². The van der Waals surface area contributed by atoms with Gasteiger partial charge >= 0.3 is 0 Å². The summed E-state index contributed by atoms with van der Waals surface area (Å²) in [6, 6.07) is 0. The average molecular weight is 114 g/mol. The fourth-order valence-electron chi connectivity index (χ4n) is 0.323. The van der Waals surface area contributed by atoms with Crippen LogP contribution in [-0.4, -0.2) is 17.2 Å². The molecule has 0 fully saturated rings. The van der Waals surface area contributed by atoms with E-state index in [4.69, 9.17) is 0 Å².